The maximum atomic E-state index is 11.8. The zero-order chi connectivity index (χ0) is 13.8. The average molecular weight is 266 g/mol. The number of aryl methyl sites for hydroxylation is 1. The molecule has 0 spiro atoms. The van der Waals surface area contributed by atoms with Gasteiger partial charge in [0.15, 0.2) is 0 Å². The summed E-state index contributed by atoms with van der Waals surface area (Å²) in [5.41, 5.74) is 0. The van der Waals surface area contributed by atoms with Crippen LogP contribution in [0.2, 0.25) is 0 Å². The maximum Gasteiger partial charge on any atom is 0.471 e. The Morgan fingerprint density at radius 1 is 1.56 bits per heavy atom. The lowest BCUT2D eigenvalue weighted by Gasteiger charge is -2.07. The van der Waals surface area contributed by atoms with E-state index in [2.05, 4.69) is 4.98 Å². The van der Waals surface area contributed by atoms with E-state index >= 15 is 0 Å². The Labute approximate surface area is 98.8 Å². The largest absolute Gasteiger partial charge is 0.471 e. The van der Waals surface area contributed by atoms with Crippen LogP contribution in [0.3, 0.4) is 0 Å². The van der Waals surface area contributed by atoms with Crippen LogP contribution in [0.4, 0.5) is 19.1 Å². The number of nitrogens with one attached hydrogen (secondary N) is 1. The summed E-state index contributed by atoms with van der Waals surface area (Å²) in [6.45, 7) is -0.137. The number of halogens is 3. The number of amides is 1. The third-order valence-corrected chi connectivity index (χ3v) is 1.98. The van der Waals surface area contributed by atoms with Crippen LogP contribution >= 0.6 is 0 Å². The second-order valence-electron chi connectivity index (χ2n) is 3.28. The van der Waals surface area contributed by atoms with E-state index in [0.29, 0.717) is 0 Å². The molecule has 0 atom stereocenters. The van der Waals surface area contributed by atoms with Gasteiger partial charge in [-0.15, -0.1) is 0 Å². The number of aromatic nitrogens is 2. The van der Waals surface area contributed by atoms with Gasteiger partial charge in [-0.3, -0.25) is 4.79 Å². The quantitative estimate of drug-likeness (QED) is 0.486. The van der Waals surface area contributed by atoms with Crippen molar-refractivity contribution in [2.75, 3.05) is 6.54 Å². The van der Waals surface area contributed by atoms with Crippen LogP contribution in [0.15, 0.2) is 12.4 Å². The Morgan fingerprint density at radius 2 is 2.22 bits per heavy atom. The number of carbonyl (C=O) groups excluding carboxylic acids is 1. The molecule has 0 aliphatic heterocycles. The lowest BCUT2D eigenvalue weighted by molar-refractivity contribution is -0.396. The van der Waals surface area contributed by atoms with E-state index in [1.807, 2.05) is 0 Å². The van der Waals surface area contributed by atoms with Gasteiger partial charge in [-0.05, 0) is 11.3 Å². The Balaban J connectivity index is 2.37. The third kappa shape index (κ3) is 3.71. The van der Waals surface area contributed by atoms with Gasteiger partial charge in [-0.25, -0.2) is 4.57 Å². The van der Waals surface area contributed by atoms with E-state index in [-0.39, 0.29) is 19.5 Å². The summed E-state index contributed by atoms with van der Waals surface area (Å²) in [6.07, 6.45) is -2.24. The number of imidazole rings is 1. The number of carbonyl (C=O) groups is 1. The molecule has 10 heteroatoms. The average Bonchev–Trinajstić information content (AvgIpc) is 2.70. The lowest BCUT2D eigenvalue weighted by Crippen LogP contribution is -2.37. The summed E-state index contributed by atoms with van der Waals surface area (Å²) < 4.78 is 36.6. The molecule has 1 rings (SSSR count). The molecule has 1 aromatic heterocycles. The molecular formula is C8H9F3N4O3. The standard InChI is InChI=1S/C8H9F3N4O3/c9-8(10,11)6(16)12-2-1-4-14-5-3-13-7(14)15(17)18/h3,5H,1-2,4H2,(H,12,16). The first-order valence-electron chi connectivity index (χ1n) is 4.83. The summed E-state index contributed by atoms with van der Waals surface area (Å²) in [4.78, 5) is 23.7. The molecule has 1 N–H and O–H groups in total. The van der Waals surface area contributed by atoms with Gasteiger partial charge in [0.05, 0.1) is 6.54 Å². The molecule has 1 aromatic rings. The molecule has 7 nitrogen and oxygen atoms in total. The van der Waals surface area contributed by atoms with Crippen LogP contribution in [0, 0.1) is 10.1 Å². The van der Waals surface area contributed by atoms with Gasteiger partial charge in [0.25, 0.3) is 0 Å². The molecule has 0 saturated carbocycles. The van der Waals surface area contributed by atoms with Crippen LogP contribution < -0.4 is 5.32 Å². The van der Waals surface area contributed by atoms with E-state index in [4.69, 9.17) is 0 Å². The smallest absolute Gasteiger partial charge is 0.390 e. The predicted molar refractivity (Wildman–Crippen MR) is 52.6 cm³/mol. The van der Waals surface area contributed by atoms with Crippen molar-refractivity contribution in [1.29, 1.82) is 0 Å². The van der Waals surface area contributed by atoms with Crippen molar-refractivity contribution < 1.29 is 22.9 Å². The fourth-order valence-corrected chi connectivity index (χ4v) is 1.20. The molecular weight excluding hydrogens is 257 g/mol. The number of hydrogen-bond donors (Lipinski definition) is 1. The number of nitrogens with zero attached hydrogens (tertiary/aromatic N) is 3. The Bertz CT molecular complexity index is 443. The first-order valence-corrected chi connectivity index (χ1v) is 4.83. The minimum absolute atomic E-state index is 0.0917. The number of nitro groups is 1. The number of hydrogen-bond acceptors (Lipinski definition) is 4. The summed E-state index contributed by atoms with van der Waals surface area (Å²) in [5, 5.41) is 12.1. The SMILES string of the molecule is O=C(NCCCn1ccnc1[N+](=O)[O-])C(F)(F)F. The van der Waals surface area contributed by atoms with Crippen molar-refractivity contribution >= 4 is 11.9 Å². The number of alkyl halides is 3. The van der Waals surface area contributed by atoms with Gasteiger partial charge in [0, 0.05) is 6.54 Å². The van der Waals surface area contributed by atoms with E-state index in [1.165, 1.54) is 17.0 Å². The highest BCUT2D eigenvalue weighted by Crippen LogP contribution is 2.14. The second kappa shape index (κ2) is 5.47. The maximum absolute atomic E-state index is 11.8. The summed E-state index contributed by atoms with van der Waals surface area (Å²) >= 11 is 0. The van der Waals surface area contributed by atoms with Crippen LogP contribution in [-0.2, 0) is 11.3 Å². The van der Waals surface area contributed by atoms with Gasteiger partial charge in [0.2, 0.25) is 0 Å². The normalized spacial score (nSPS) is 11.3. The monoisotopic (exact) mass is 266 g/mol. The van der Waals surface area contributed by atoms with Crippen molar-refractivity contribution in [2.24, 2.45) is 0 Å². The highest BCUT2D eigenvalue weighted by atomic mass is 19.4. The van der Waals surface area contributed by atoms with E-state index < -0.39 is 23.0 Å². The van der Waals surface area contributed by atoms with E-state index in [9.17, 15) is 28.1 Å². The third-order valence-electron chi connectivity index (χ3n) is 1.98. The van der Waals surface area contributed by atoms with E-state index in [0.717, 1.165) is 0 Å². The highest BCUT2D eigenvalue weighted by molar-refractivity contribution is 5.81. The summed E-state index contributed by atoms with van der Waals surface area (Å²) in [5.74, 6) is -2.42. The minimum Gasteiger partial charge on any atom is -0.390 e. The molecule has 0 fully saturated rings. The molecule has 0 saturated heterocycles. The van der Waals surface area contributed by atoms with Gasteiger partial charge < -0.3 is 15.4 Å². The van der Waals surface area contributed by atoms with Gasteiger partial charge in [-0.1, -0.05) is 4.98 Å². The Hall–Kier alpha value is -2.13. The van der Waals surface area contributed by atoms with Crippen molar-refractivity contribution in [1.82, 2.24) is 14.9 Å². The Kier molecular flexibility index (Phi) is 4.23. The molecule has 0 aliphatic carbocycles. The fourth-order valence-electron chi connectivity index (χ4n) is 1.20. The zero-order valence-corrected chi connectivity index (χ0v) is 8.98. The first kappa shape index (κ1) is 13.9. The molecule has 100 valence electrons. The minimum atomic E-state index is -4.92. The van der Waals surface area contributed by atoms with Gasteiger partial charge in [0.1, 0.15) is 12.4 Å². The molecule has 0 unspecified atom stereocenters. The molecule has 0 aliphatic rings. The van der Waals surface area contributed by atoms with Crippen LogP contribution in [0.25, 0.3) is 0 Å². The molecule has 1 heterocycles. The first-order chi connectivity index (χ1) is 8.32. The van der Waals surface area contributed by atoms with Gasteiger partial charge in [-0.2, -0.15) is 13.2 Å². The molecule has 0 radical (unpaired) electrons. The van der Waals surface area contributed by atoms with Gasteiger partial charge >= 0.3 is 18.0 Å². The molecule has 0 bridgehead atoms. The van der Waals surface area contributed by atoms with Crippen LogP contribution in [-0.4, -0.2) is 33.1 Å². The highest BCUT2D eigenvalue weighted by Gasteiger charge is 2.38. The summed E-state index contributed by atoms with van der Waals surface area (Å²) in [7, 11) is 0. The van der Waals surface area contributed by atoms with Crippen molar-refractivity contribution in [3.8, 4) is 0 Å². The molecule has 0 aromatic carbocycles. The lowest BCUT2D eigenvalue weighted by atomic mass is 10.4. The summed E-state index contributed by atoms with van der Waals surface area (Å²) in [6, 6.07) is 0. The van der Waals surface area contributed by atoms with Crippen LogP contribution in [0.1, 0.15) is 6.42 Å². The topological polar surface area (TPSA) is 90.1 Å². The molecule has 18 heavy (non-hydrogen) atoms. The zero-order valence-electron chi connectivity index (χ0n) is 8.98. The van der Waals surface area contributed by atoms with Crippen molar-refractivity contribution in [3.63, 3.8) is 0 Å². The van der Waals surface area contributed by atoms with Crippen molar-refractivity contribution in [2.45, 2.75) is 19.1 Å². The number of rotatable bonds is 5. The van der Waals surface area contributed by atoms with Crippen molar-refractivity contribution in [3.05, 3.63) is 22.5 Å². The van der Waals surface area contributed by atoms with Crippen LogP contribution in [0.5, 0.6) is 0 Å². The Morgan fingerprint density at radius 3 is 2.78 bits per heavy atom. The fraction of sp³-hybridized carbons (Fsp3) is 0.500. The molecule has 1 amide bonds. The van der Waals surface area contributed by atoms with E-state index in [1.54, 1.807) is 5.32 Å². The second-order valence-corrected chi connectivity index (χ2v) is 3.28. The predicted octanol–water partition coefficient (Wildman–Crippen LogP) is 0.860.